The van der Waals surface area contributed by atoms with E-state index in [0.717, 1.165) is 16.9 Å². The second-order valence-corrected chi connectivity index (χ2v) is 7.97. The minimum absolute atomic E-state index is 0.00231. The number of phenols is 1. The van der Waals surface area contributed by atoms with Crippen molar-refractivity contribution < 1.29 is 19.3 Å². The standard InChI is InChI=1S/C27H22N4O4/c1-33-22-13-18(9-12-21(22)32)23-20(14-28)26(29)35-27-24(23)25(30-31-27)17-7-10-19(11-8-17)34-15-16-5-3-2-4-6-16/h2-13,23,32H,15,29H2,1H3,(H,30,31). The summed E-state index contributed by atoms with van der Waals surface area (Å²) in [6.07, 6.45) is 0. The van der Waals surface area contributed by atoms with Crippen molar-refractivity contribution in [1.29, 1.82) is 5.26 Å². The van der Waals surface area contributed by atoms with Crippen LogP contribution in [0.5, 0.6) is 23.1 Å². The number of fused-ring (bicyclic) bond motifs is 1. The monoisotopic (exact) mass is 466 g/mol. The zero-order chi connectivity index (χ0) is 24.4. The van der Waals surface area contributed by atoms with Crippen LogP contribution in [0.1, 0.15) is 22.6 Å². The Morgan fingerprint density at radius 2 is 1.89 bits per heavy atom. The van der Waals surface area contributed by atoms with E-state index < -0.39 is 5.92 Å². The first-order valence-corrected chi connectivity index (χ1v) is 10.9. The quantitative estimate of drug-likeness (QED) is 0.379. The van der Waals surface area contributed by atoms with Gasteiger partial charge in [-0.15, -0.1) is 5.10 Å². The van der Waals surface area contributed by atoms with Crippen LogP contribution in [-0.4, -0.2) is 22.4 Å². The van der Waals surface area contributed by atoms with Gasteiger partial charge in [0.25, 0.3) is 0 Å². The highest BCUT2D eigenvalue weighted by atomic mass is 16.5. The number of hydrogen-bond donors (Lipinski definition) is 3. The molecule has 5 rings (SSSR count). The summed E-state index contributed by atoms with van der Waals surface area (Å²) >= 11 is 0. The third-order valence-electron chi connectivity index (χ3n) is 5.87. The third kappa shape index (κ3) is 4.11. The summed E-state index contributed by atoms with van der Waals surface area (Å²) in [4.78, 5) is 0. The predicted molar refractivity (Wildman–Crippen MR) is 129 cm³/mol. The van der Waals surface area contributed by atoms with Crippen LogP contribution in [0.15, 0.2) is 84.3 Å². The predicted octanol–water partition coefficient (Wildman–Crippen LogP) is 4.59. The van der Waals surface area contributed by atoms with E-state index in [1.165, 1.54) is 13.2 Å². The van der Waals surface area contributed by atoms with Gasteiger partial charge in [-0.2, -0.15) is 5.26 Å². The van der Waals surface area contributed by atoms with Crippen molar-refractivity contribution in [2.45, 2.75) is 12.5 Å². The van der Waals surface area contributed by atoms with Crippen LogP contribution in [-0.2, 0) is 6.61 Å². The molecular formula is C27H22N4O4. The molecule has 0 spiro atoms. The number of allylic oxidation sites excluding steroid dienone is 1. The molecule has 0 saturated carbocycles. The molecule has 4 aromatic rings. The topological polar surface area (TPSA) is 126 Å². The molecule has 4 N–H and O–H groups in total. The van der Waals surface area contributed by atoms with Gasteiger partial charge in [0.1, 0.15) is 24.0 Å². The first-order valence-electron chi connectivity index (χ1n) is 10.9. The maximum Gasteiger partial charge on any atom is 0.244 e. The summed E-state index contributed by atoms with van der Waals surface area (Å²) in [6.45, 7) is 0.466. The average Bonchev–Trinajstić information content (AvgIpc) is 3.31. The number of methoxy groups -OCH3 is 1. The summed E-state index contributed by atoms with van der Waals surface area (Å²) in [5, 5.41) is 27.3. The Morgan fingerprint density at radius 3 is 2.60 bits per heavy atom. The Hall–Kier alpha value is -4.90. The molecule has 1 aliphatic heterocycles. The first-order chi connectivity index (χ1) is 17.1. The van der Waals surface area contributed by atoms with Crippen molar-refractivity contribution in [1.82, 2.24) is 10.2 Å². The number of H-pyrrole nitrogens is 1. The molecule has 1 aromatic heterocycles. The Morgan fingerprint density at radius 1 is 1.11 bits per heavy atom. The van der Waals surface area contributed by atoms with Crippen LogP contribution < -0.4 is 19.9 Å². The highest BCUT2D eigenvalue weighted by Crippen LogP contribution is 2.47. The molecule has 1 atom stereocenters. The molecule has 8 nitrogen and oxygen atoms in total. The fraction of sp³-hybridized carbons (Fsp3) is 0.111. The molecule has 0 bridgehead atoms. The van der Waals surface area contributed by atoms with E-state index in [2.05, 4.69) is 16.3 Å². The summed E-state index contributed by atoms with van der Waals surface area (Å²) in [5.74, 6) is 0.719. The van der Waals surface area contributed by atoms with E-state index in [0.29, 0.717) is 23.4 Å². The van der Waals surface area contributed by atoms with Crippen molar-refractivity contribution >= 4 is 0 Å². The molecule has 1 unspecified atom stereocenters. The molecule has 0 radical (unpaired) electrons. The Labute approximate surface area is 201 Å². The fourth-order valence-electron chi connectivity index (χ4n) is 4.13. The minimum Gasteiger partial charge on any atom is -0.504 e. The Balaban J connectivity index is 1.51. The van der Waals surface area contributed by atoms with Gasteiger partial charge >= 0.3 is 0 Å². The largest absolute Gasteiger partial charge is 0.504 e. The normalized spacial score (nSPS) is 14.6. The van der Waals surface area contributed by atoms with E-state index in [1.807, 2.05) is 54.6 Å². The first kappa shape index (κ1) is 21.9. The summed E-state index contributed by atoms with van der Waals surface area (Å²) in [6, 6.07) is 24.6. The van der Waals surface area contributed by atoms with Crippen molar-refractivity contribution in [3.05, 3.63) is 101 Å². The van der Waals surface area contributed by atoms with Gasteiger partial charge in [0.05, 0.1) is 24.3 Å². The molecule has 0 amide bonds. The fourth-order valence-corrected chi connectivity index (χ4v) is 4.13. The highest BCUT2D eigenvalue weighted by molar-refractivity contribution is 5.71. The second-order valence-electron chi connectivity index (χ2n) is 7.97. The summed E-state index contributed by atoms with van der Waals surface area (Å²) in [7, 11) is 1.47. The average molecular weight is 466 g/mol. The maximum atomic E-state index is 10.1. The van der Waals surface area contributed by atoms with Gasteiger partial charge in [-0.05, 0) is 47.5 Å². The van der Waals surface area contributed by atoms with Gasteiger partial charge in [-0.3, -0.25) is 5.10 Å². The van der Waals surface area contributed by atoms with Crippen LogP contribution in [0.25, 0.3) is 11.3 Å². The van der Waals surface area contributed by atoms with Crippen LogP contribution in [0.2, 0.25) is 0 Å². The highest BCUT2D eigenvalue weighted by Gasteiger charge is 2.36. The molecular weight excluding hydrogens is 444 g/mol. The van der Waals surface area contributed by atoms with Gasteiger partial charge in [-0.1, -0.05) is 36.4 Å². The Bertz CT molecular complexity index is 1440. The Kier molecular flexibility index (Phi) is 5.73. The maximum absolute atomic E-state index is 10.1. The SMILES string of the molecule is COc1cc(C2C(C#N)=C(N)Oc3n[nH]c(-c4ccc(OCc5ccccc5)cc4)c32)ccc1O. The number of nitriles is 1. The number of aromatic nitrogens is 2. The van der Waals surface area contributed by atoms with Crippen LogP contribution in [0.3, 0.4) is 0 Å². The molecule has 0 saturated heterocycles. The molecule has 0 fully saturated rings. The molecule has 0 aliphatic carbocycles. The number of nitrogens with one attached hydrogen (secondary N) is 1. The van der Waals surface area contributed by atoms with E-state index in [-0.39, 0.29) is 28.8 Å². The number of nitrogens with two attached hydrogens (primary N) is 1. The van der Waals surface area contributed by atoms with Crippen LogP contribution >= 0.6 is 0 Å². The smallest absolute Gasteiger partial charge is 0.244 e. The number of nitrogens with zero attached hydrogens (tertiary/aromatic N) is 2. The lowest BCUT2D eigenvalue weighted by molar-refractivity contribution is 0.306. The van der Waals surface area contributed by atoms with Crippen molar-refractivity contribution in [3.8, 4) is 40.5 Å². The van der Waals surface area contributed by atoms with E-state index in [9.17, 15) is 10.4 Å². The lowest BCUT2D eigenvalue weighted by atomic mass is 9.83. The lowest BCUT2D eigenvalue weighted by Crippen LogP contribution is -2.21. The lowest BCUT2D eigenvalue weighted by Gasteiger charge is -2.24. The number of benzene rings is 3. The zero-order valence-electron chi connectivity index (χ0n) is 18.9. The van der Waals surface area contributed by atoms with Gasteiger partial charge in [0.2, 0.25) is 11.8 Å². The third-order valence-corrected chi connectivity index (χ3v) is 5.87. The number of rotatable bonds is 6. The summed E-state index contributed by atoms with van der Waals surface area (Å²) < 4.78 is 16.8. The summed E-state index contributed by atoms with van der Waals surface area (Å²) in [5.41, 5.74) is 10.3. The van der Waals surface area contributed by atoms with Gasteiger partial charge in [0.15, 0.2) is 11.5 Å². The van der Waals surface area contributed by atoms with E-state index >= 15 is 0 Å². The second kappa shape index (κ2) is 9.15. The number of aromatic hydroxyl groups is 1. The van der Waals surface area contributed by atoms with Gasteiger partial charge < -0.3 is 25.1 Å². The van der Waals surface area contributed by atoms with E-state index in [4.69, 9.17) is 19.9 Å². The number of aromatic amines is 1. The molecule has 3 aromatic carbocycles. The van der Waals surface area contributed by atoms with Crippen molar-refractivity contribution in [2.75, 3.05) is 7.11 Å². The minimum atomic E-state index is -0.569. The van der Waals surface area contributed by atoms with Crippen LogP contribution in [0, 0.1) is 11.3 Å². The molecule has 174 valence electrons. The zero-order valence-corrected chi connectivity index (χ0v) is 18.9. The van der Waals surface area contributed by atoms with Crippen LogP contribution in [0.4, 0.5) is 0 Å². The van der Waals surface area contributed by atoms with Gasteiger partial charge in [-0.25, -0.2) is 0 Å². The molecule has 35 heavy (non-hydrogen) atoms. The van der Waals surface area contributed by atoms with E-state index in [1.54, 1.807) is 12.1 Å². The van der Waals surface area contributed by atoms with Crippen molar-refractivity contribution in [2.24, 2.45) is 5.73 Å². The van der Waals surface area contributed by atoms with Crippen molar-refractivity contribution in [3.63, 3.8) is 0 Å². The molecule has 8 heteroatoms. The number of ether oxygens (including phenoxy) is 3. The number of phenolic OH excluding ortho intramolecular Hbond substituents is 1. The molecule has 1 aliphatic rings. The number of hydrogen-bond acceptors (Lipinski definition) is 7. The molecule has 2 heterocycles. The van der Waals surface area contributed by atoms with Gasteiger partial charge in [0, 0.05) is 5.56 Å².